The molecule has 2 aliphatic heterocycles. The summed E-state index contributed by atoms with van der Waals surface area (Å²) in [6, 6.07) is 8.17. The van der Waals surface area contributed by atoms with Gasteiger partial charge < -0.3 is 14.5 Å². The molecular weight excluding hydrogens is 298 g/mol. The first kappa shape index (κ1) is 17.6. The Bertz CT molecular complexity index is 577. The highest BCUT2D eigenvalue weighted by atomic mass is 16.5. The minimum Gasteiger partial charge on any atom is -0.490 e. The molecule has 2 bridgehead atoms. The van der Waals surface area contributed by atoms with Gasteiger partial charge in [0.1, 0.15) is 12.4 Å². The average Bonchev–Trinajstić information content (AvgIpc) is 3.05. The van der Waals surface area contributed by atoms with E-state index in [4.69, 9.17) is 4.74 Å². The third-order valence-corrected chi connectivity index (χ3v) is 5.45. The van der Waals surface area contributed by atoms with Crippen molar-refractivity contribution in [3.8, 4) is 5.75 Å². The Morgan fingerprint density at radius 2 is 1.92 bits per heavy atom. The van der Waals surface area contributed by atoms with E-state index in [1.54, 1.807) is 0 Å². The first-order valence-corrected chi connectivity index (χ1v) is 9.14. The van der Waals surface area contributed by atoms with Crippen molar-refractivity contribution in [3.05, 3.63) is 23.8 Å². The maximum Gasteiger partial charge on any atom is 0.142 e. The standard InChI is InChI=1S/C20H33N3O/c1-20(2,3)15-7-8-18(19(11-15)24-10-9-21(4)5)23-14-16-12-17(23)13-22(16)6/h7-8,11,16-17H,9-10,12-14H2,1-6H3/t16-,17-/m0/s1. The van der Waals surface area contributed by atoms with Gasteiger partial charge in [0.05, 0.1) is 5.69 Å². The summed E-state index contributed by atoms with van der Waals surface area (Å²) in [6.45, 7) is 10.8. The largest absolute Gasteiger partial charge is 0.490 e. The van der Waals surface area contributed by atoms with Crippen molar-refractivity contribution in [3.63, 3.8) is 0 Å². The van der Waals surface area contributed by atoms with Crippen molar-refractivity contribution in [1.82, 2.24) is 9.80 Å². The quantitative estimate of drug-likeness (QED) is 0.826. The molecule has 0 amide bonds. The number of rotatable bonds is 5. The third kappa shape index (κ3) is 3.55. The number of likely N-dealkylation sites (tertiary alicyclic amines) is 1. The summed E-state index contributed by atoms with van der Waals surface area (Å²) in [7, 11) is 6.43. The highest BCUT2D eigenvalue weighted by molar-refractivity contribution is 5.62. The Morgan fingerprint density at radius 1 is 1.17 bits per heavy atom. The first-order valence-electron chi connectivity index (χ1n) is 9.14. The van der Waals surface area contributed by atoms with Gasteiger partial charge in [0, 0.05) is 31.7 Å². The van der Waals surface area contributed by atoms with Crippen molar-refractivity contribution in [2.24, 2.45) is 0 Å². The molecule has 134 valence electrons. The van der Waals surface area contributed by atoms with Crippen LogP contribution in [-0.4, -0.2) is 69.3 Å². The number of nitrogens with zero attached hydrogens (tertiary/aromatic N) is 3. The van der Waals surface area contributed by atoms with E-state index in [0.29, 0.717) is 12.1 Å². The fourth-order valence-corrected chi connectivity index (χ4v) is 3.83. The van der Waals surface area contributed by atoms with Crippen molar-refractivity contribution in [1.29, 1.82) is 0 Å². The maximum absolute atomic E-state index is 6.23. The predicted octanol–water partition coefficient (Wildman–Crippen LogP) is 2.82. The summed E-state index contributed by atoms with van der Waals surface area (Å²) in [5, 5.41) is 0. The Morgan fingerprint density at radius 3 is 2.46 bits per heavy atom. The number of likely N-dealkylation sites (N-methyl/N-ethyl adjacent to an activating group) is 2. The second kappa shape index (κ2) is 6.57. The Hall–Kier alpha value is -1.26. The van der Waals surface area contributed by atoms with E-state index in [1.807, 2.05) is 0 Å². The molecule has 2 aliphatic rings. The molecule has 2 atom stereocenters. The van der Waals surface area contributed by atoms with Crippen LogP contribution in [-0.2, 0) is 5.41 Å². The van der Waals surface area contributed by atoms with Gasteiger partial charge in [-0.15, -0.1) is 0 Å². The van der Waals surface area contributed by atoms with Crippen LogP contribution in [0.25, 0.3) is 0 Å². The number of piperazine rings is 1. The lowest BCUT2D eigenvalue weighted by Crippen LogP contribution is -2.44. The molecule has 24 heavy (non-hydrogen) atoms. The fraction of sp³-hybridized carbons (Fsp3) is 0.700. The summed E-state index contributed by atoms with van der Waals surface area (Å²) in [5.74, 6) is 1.06. The molecule has 3 rings (SSSR count). The fourth-order valence-electron chi connectivity index (χ4n) is 3.83. The van der Waals surface area contributed by atoms with E-state index in [2.05, 4.69) is 74.8 Å². The van der Waals surface area contributed by atoms with Gasteiger partial charge in [0.2, 0.25) is 0 Å². The molecule has 1 aromatic carbocycles. The van der Waals surface area contributed by atoms with Gasteiger partial charge in [-0.3, -0.25) is 4.90 Å². The van der Waals surface area contributed by atoms with Crippen LogP contribution in [0.5, 0.6) is 5.75 Å². The second-order valence-corrected chi connectivity index (χ2v) is 8.72. The topological polar surface area (TPSA) is 19.0 Å². The van der Waals surface area contributed by atoms with E-state index in [0.717, 1.165) is 25.4 Å². The van der Waals surface area contributed by atoms with E-state index in [9.17, 15) is 0 Å². The van der Waals surface area contributed by atoms with Crippen molar-refractivity contribution in [2.45, 2.75) is 44.7 Å². The van der Waals surface area contributed by atoms with Crippen LogP contribution in [0, 0.1) is 0 Å². The molecule has 0 radical (unpaired) electrons. The zero-order valence-corrected chi connectivity index (χ0v) is 16.2. The SMILES string of the molecule is CN(C)CCOc1cc(C(C)(C)C)ccc1N1C[C@@H]2C[C@H]1CN2C. The van der Waals surface area contributed by atoms with Crippen LogP contribution in [0.15, 0.2) is 18.2 Å². The van der Waals surface area contributed by atoms with Crippen molar-refractivity contribution >= 4 is 5.69 Å². The highest BCUT2D eigenvalue weighted by Crippen LogP contribution is 2.40. The summed E-state index contributed by atoms with van der Waals surface area (Å²) in [4.78, 5) is 7.24. The molecule has 2 heterocycles. The molecule has 0 N–H and O–H groups in total. The molecule has 0 aliphatic carbocycles. The summed E-state index contributed by atoms with van der Waals surface area (Å²) >= 11 is 0. The van der Waals surface area contributed by atoms with Crippen LogP contribution in [0.2, 0.25) is 0 Å². The van der Waals surface area contributed by atoms with Crippen LogP contribution < -0.4 is 9.64 Å². The molecule has 0 unspecified atom stereocenters. The minimum absolute atomic E-state index is 0.141. The van der Waals surface area contributed by atoms with Gasteiger partial charge >= 0.3 is 0 Å². The van der Waals surface area contributed by atoms with Gasteiger partial charge in [-0.25, -0.2) is 0 Å². The number of hydrogen-bond donors (Lipinski definition) is 0. The maximum atomic E-state index is 6.23. The van der Waals surface area contributed by atoms with Gasteiger partial charge in [-0.05, 0) is 50.7 Å². The van der Waals surface area contributed by atoms with Crippen LogP contribution >= 0.6 is 0 Å². The smallest absolute Gasteiger partial charge is 0.142 e. The van der Waals surface area contributed by atoms with Gasteiger partial charge in [0.25, 0.3) is 0 Å². The van der Waals surface area contributed by atoms with Crippen LogP contribution in [0.4, 0.5) is 5.69 Å². The van der Waals surface area contributed by atoms with E-state index in [-0.39, 0.29) is 5.41 Å². The predicted molar refractivity (Wildman–Crippen MR) is 101 cm³/mol. The monoisotopic (exact) mass is 331 g/mol. The Kier molecular flexibility index (Phi) is 4.80. The normalized spacial score (nSPS) is 24.2. The molecule has 2 saturated heterocycles. The molecule has 4 nitrogen and oxygen atoms in total. The number of anilines is 1. The van der Waals surface area contributed by atoms with E-state index < -0.39 is 0 Å². The highest BCUT2D eigenvalue weighted by Gasteiger charge is 2.42. The van der Waals surface area contributed by atoms with E-state index >= 15 is 0 Å². The average molecular weight is 332 g/mol. The van der Waals surface area contributed by atoms with Crippen molar-refractivity contribution < 1.29 is 4.74 Å². The molecular formula is C20H33N3O. The zero-order chi connectivity index (χ0) is 17.5. The van der Waals surface area contributed by atoms with Crippen LogP contribution in [0.3, 0.4) is 0 Å². The summed E-state index contributed by atoms with van der Waals surface area (Å²) < 4.78 is 6.23. The van der Waals surface area contributed by atoms with E-state index in [1.165, 1.54) is 24.2 Å². The molecule has 0 aromatic heterocycles. The number of ether oxygens (including phenoxy) is 1. The number of benzene rings is 1. The van der Waals surface area contributed by atoms with Gasteiger partial charge in [-0.2, -0.15) is 0 Å². The molecule has 0 saturated carbocycles. The summed E-state index contributed by atoms with van der Waals surface area (Å²) in [5.41, 5.74) is 2.76. The Balaban J connectivity index is 1.84. The lowest BCUT2D eigenvalue weighted by Gasteiger charge is -2.35. The molecule has 1 aromatic rings. The molecule has 2 fully saturated rings. The lowest BCUT2D eigenvalue weighted by atomic mass is 9.87. The molecule has 0 spiro atoms. The second-order valence-electron chi connectivity index (χ2n) is 8.72. The lowest BCUT2D eigenvalue weighted by molar-refractivity contribution is 0.259. The number of fused-ring (bicyclic) bond motifs is 2. The minimum atomic E-state index is 0.141. The van der Waals surface area contributed by atoms with Gasteiger partial charge in [-0.1, -0.05) is 26.8 Å². The first-order chi connectivity index (χ1) is 11.3. The number of hydrogen-bond acceptors (Lipinski definition) is 4. The van der Waals surface area contributed by atoms with Crippen molar-refractivity contribution in [2.75, 3.05) is 52.3 Å². The summed E-state index contributed by atoms with van der Waals surface area (Å²) in [6.07, 6.45) is 1.29. The zero-order valence-electron chi connectivity index (χ0n) is 16.2. The molecule has 4 heteroatoms. The van der Waals surface area contributed by atoms with Crippen LogP contribution in [0.1, 0.15) is 32.8 Å². The third-order valence-electron chi connectivity index (χ3n) is 5.45. The Labute approximate surface area is 147 Å². The van der Waals surface area contributed by atoms with Gasteiger partial charge in [0.15, 0.2) is 0 Å².